The largest absolute Gasteiger partial charge is 0.391 e. The Bertz CT molecular complexity index is 289. The van der Waals surface area contributed by atoms with Crippen molar-refractivity contribution in [3.63, 3.8) is 0 Å². The van der Waals surface area contributed by atoms with E-state index in [1.165, 1.54) is 12.8 Å². The normalized spacial score (nSPS) is 27.0. The summed E-state index contributed by atoms with van der Waals surface area (Å²) in [5.74, 6) is 0.864. The number of aliphatic hydroxyl groups is 1. The quantitative estimate of drug-likeness (QED) is 0.729. The monoisotopic (exact) mass is 206 g/mol. The van der Waals surface area contributed by atoms with Crippen molar-refractivity contribution >= 4 is 5.82 Å². The van der Waals surface area contributed by atoms with Gasteiger partial charge >= 0.3 is 0 Å². The molecule has 1 saturated carbocycles. The summed E-state index contributed by atoms with van der Waals surface area (Å²) in [6.07, 6.45) is 7.06. The maximum atomic E-state index is 9.92. The molecular weight excluding hydrogens is 188 g/mol. The van der Waals surface area contributed by atoms with Gasteiger partial charge < -0.3 is 10.4 Å². The highest BCUT2D eigenvalue weighted by atomic mass is 16.3. The van der Waals surface area contributed by atoms with Gasteiger partial charge in [0, 0.05) is 6.20 Å². The van der Waals surface area contributed by atoms with Crippen molar-refractivity contribution in [2.24, 2.45) is 0 Å². The minimum atomic E-state index is -0.227. The van der Waals surface area contributed by atoms with Crippen molar-refractivity contribution < 1.29 is 5.11 Å². The van der Waals surface area contributed by atoms with E-state index in [1.807, 2.05) is 18.2 Å². The van der Waals surface area contributed by atoms with Crippen LogP contribution in [-0.4, -0.2) is 22.2 Å². The first-order valence-corrected chi connectivity index (χ1v) is 5.72. The second kappa shape index (κ2) is 5.12. The van der Waals surface area contributed by atoms with Crippen molar-refractivity contribution in [2.75, 3.05) is 5.32 Å². The predicted molar refractivity (Wildman–Crippen MR) is 60.7 cm³/mol. The molecule has 1 fully saturated rings. The first kappa shape index (κ1) is 10.4. The van der Waals surface area contributed by atoms with Crippen LogP contribution in [0.5, 0.6) is 0 Å². The second-order valence-electron chi connectivity index (χ2n) is 4.17. The zero-order chi connectivity index (χ0) is 10.5. The number of pyridine rings is 1. The molecule has 2 rings (SSSR count). The molecule has 0 radical (unpaired) electrons. The molecule has 1 heterocycles. The average molecular weight is 206 g/mol. The highest BCUT2D eigenvalue weighted by Gasteiger charge is 2.21. The lowest BCUT2D eigenvalue weighted by atomic mass is 10.1. The van der Waals surface area contributed by atoms with Gasteiger partial charge in [-0.3, -0.25) is 0 Å². The van der Waals surface area contributed by atoms with Gasteiger partial charge in [0.1, 0.15) is 5.82 Å². The van der Waals surface area contributed by atoms with Gasteiger partial charge in [0.05, 0.1) is 12.1 Å². The van der Waals surface area contributed by atoms with Gasteiger partial charge in [0.15, 0.2) is 0 Å². The Kier molecular flexibility index (Phi) is 3.56. The number of aromatic nitrogens is 1. The maximum Gasteiger partial charge on any atom is 0.126 e. The number of nitrogens with zero attached hydrogens (tertiary/aromatic N) is 1. The van der Waals surface area contributed by atoms with Crippen LogP contribution in [0.1, 0.15) is 32.1 Å². The summed E-state index contributed by atoms with van der Waals surface area (Å²) >= 11 is 0. The fourth-order valence-corrected chi connectivity index (χ4v) is 2.09. The SMILES string of the molecule is OC1CCCCCC1Nc1ccccn1. The molecule has 3 heteroatoms. The summed E-state index contributed by atoms with van der Waals surface area (Å²) in [6.45, 7) is 0. The van der Waals surface area contributed by atoms with Crippen molar-refractivity contribution in [3.8, 4) is 0 Å². The van der Waals surface area contributed by atoms with E-state index < -0.39 is 0 Å². The van der Waals surface area contributed by atoms with Gasteiger partial charge in [-0.05, 0) is 25.0 Å². The van der Waals surface area contributed by atoms with E-state index in [9.17, 15) is 5.11 Å². The van der Waals surface area contributed by atoms with E-state index >= 15 is 0 Å². The summed E-state index contributed by atoms with van der Waals surface area (Å²) in [4.78, 5) is 4.22. The zero-order valence-electron chi connectivity index (χ0n) is 8.89. The van der Waals surface area contributed by atoms with E-state index in [-0.39, 0.29) is 12.1 Å². The molecule has 1 aliphatic carbocycles. The topological polar surface area (TPSA) is 45.1 Å². The third-order valence-corrected chi connectivity index (χ3v) is 2.98. The Morgan fingerprint density at radius 1 is 1.20 bits per heavy atom. The standard InChI is InChI=1S/C12H18N2O/c15-11-7-3-1-2-6-10(11)14-12-8-4-5-9-13-12/h4-5,8-11,15H,1-3,6-7H2,(H,13,14). The molecule has 1 aromatic heterocycles. The van der Waals surface area contributed by atoms with E-state index in [2.05, 4.69) is 10.3 Å². The first-order valence-electron chi connectivity index (χ1n) is 5.72. The fraction of sp³-hybridized carbons (Fsp3) is 0.583. The van der Waals surface area contributed by atoms with E-state index in [0.29, 0.717) is 0 Å². The van der Waals surface area contributed by atoms with Crippen LogP contribution in [0.25, 0.3) is 0 Å². The van der Waals surface area contributed by atoms with Crippen LogP contribution in [0.2, 0.25) is 0 Å². The van der Waals surface area contributed by atoms with Crippen molar-refractivity contribution in [1.29, 1.82) is 0 Å². The highest BCUT2D eigenvalue weighted by Crippen LogP contribution is 2.20. The number of hydrogen-bond donors (Lipinski definition) is 2. The zero-order valence-corrected chi connectivity index (χ0v) is 8.89. The molecule has 0 amide bonds. The number of aliphatic hydroxyl groups excluding tert-OH is 1. The molecule has 2 N–H and O–H groups in total. The van der Waals surface area contributed by atoms with Gasteiger partial charge in [0.25, 0.3) is 0 Å². The van der Waals surface area contributed by atoms with Crippen molar-refractivity contribution in [3.05, 3.63) is 24.4 Å². The second-order valence-corrected chi connectivity index (χ2v) is 4.17. The summed E-state index contributed by atoms with van der Waals surface area (Å²) in [5.41, 5.74) is 0. The van der Waals surface area contributed by atoms with Crippen LogP contribution in [0.15, 0.2) is 24.4 Å². The Balaban J connectivity index is 1.97. The molecule has 0 spiro atoms. The minimum Gasteiger partial charge on any atom is -0.391 e. The van der Waals surface area contributed by atoms with Gasteiger partial charge in [-0.15, -0.1) is 0 Å². The molecule has 15 heavy (non-hydrogen) atoms. The number of nitrogens with one attached hydrogen (secondary N) is 1. The van der Waals surface area contributed by atoms with Crippen LogP contribution in [0.3, 0.4) is 0 Å². The molecule has 0 aliphatic heterocycles. The van der Waals surface area contributed by atoms with Crippen LogP contribution >= 0.6 is 0 Å². The van der Waals surface area contributed by atoms with E-state index in [1.54, 1.807) is 6.20 Å². The van der Waals surface area contributed by atoms with Crippen LogP contribution < -0.4 is 5.32 Å². The summed E-state index contributed by atoms with van der Waals surface area (Å²) in [5, 5.41) is 13.2. The molecule has 3 nitrogen and oxygen atoms in total. The molecule has 0 saturated heterocycles. The van der Waals surface area contributed by atoms with E-state index in [4.69, 9.17) is 0 Å². The third kappa shape index (κ3) is 2.93. The van der Waals surface area contributed by atoms with Crippen LogP contribution in [0.4, 0.5) is 5.82 Å². The molecule has 0 bridgehead atoms. The molecule has 1 aliphatic rings. The highest BCUT2D eigenvalue weighted by molar-refractivity contribution is 5.34. The lowest BCUT2D eigenvalue weighted by molar-refractivity contribution is 0.144. The Hall–Kier alpha value is -1.09. The van der Waals surface area contributed by atoms with Gasteiger partial charge in [-0.1, -0.05) is 25.3 Å². The number of hydrogen-bond acceptors (Lipinski definition) is 3. The smallest absolute Gasteiger partial charge is 0.126 e. The van der Waals surface area contributed by atoms with Gasteiger partial charge in [0.2, 0.25) is 0 Å². The molecule has 0 aromatic carbocycles. The van der Waals surface area contributed by atoms with Crippen LogP contribution in [-0.2, 0) is 0 Å². The molecule has 1 aromatic rings. The van der Waals surface area contributed by atoms with Gasteiger partial charge in [-0.2, -0.15) is 0 Å². The van der Waals surface area contributed by atoms with Crippen LogP contribution in [0, 0.1) is 0 Å². The molecule has 82 valence electrons. The lowest BCUT2D eigenvalue weighted by Gasteiger charge is -2.22. The fourth-order valence-electron chi connectivity index (χ4n) is 2.09. The summed E-state index contributed by atoms with van der Waals surface area (Å²) in [6, 6.07) is 5.97. The first-order chi connectivity index (χ1) is 7.36. The van der Waals surface area contributed by atoms with Crippen molar-refractivity contribution in [1.82, 2.24) is 4.98 Å². The van der Waals surface area contributed by atoms with Crippen molar-refractivity contribution in [2.45, 2.75) is 44.2 Å². The van der Waals surface area contributed by atoms with E-state index in [0.717, 1.165) is 25.1 Å². The molecule has 2 unspecified atom stereocenters. The Labute approximate surface area is 90.5 Å². The minimum absolute atomic E-state index is 0.169. The third-order valence-electron chi connectivity index (χ3n) is 2.98. The lowest BCUT2D eigenvalue weighted by Crippen LogP contribution is -2.32. The molecule has 2 atom stereocenters. The summed E-state index contributed by atoms with van der Waals surface area (Å²) < 4.78 is 0. The average Bonchev–Trinajstić information content (AvgIpc) is 2.46. The Morgan fingerprint density at radius 2 is 2.07 bits per heavy atom. The Morgan fingerprint density at radius 3 is 2.87 bits per heavy atom. The number of anilines is 1. The summed E-state index contributed by atoms with van der Waals surface area (Å²) in [7, 11) is 0. The number of rotatable bonds is 2. The van der Waals surface area contributed by atoms with Gasteiger partial charge in [-0.25, -0.2) is 4.98 Å². The molecular formula is C12H18N2O. The maximum absolute atomic E-state index is 9.92. The predicted octanol–water partition coefficient (Wildman–Crippen LogP) is 2.19.